The zero-order valence-electron chi connectivity index (χ0n) is 19.6. The Labute approximate surface area is 210 Å². The summed E-state index contributed by atoms with van der Waals surface area (Å²) in [4.78, 5) is 7.81. The fourth-order valence-electron chi connectivity index (χ4n) is 3.68. The highest BCUT2D eigenvalue weighted by Gasteiger charge is 2.27. The molecule has 0 saturated carbocycles. The molecular formula is C24H26F2N8O3. The average molecular weight is 513 g/mol. The minimum Gasteiger partial charge on any atom is -0.504 e. The molecule has 2 aromatic carbocycles. The zero-order chi connectivity index (χ0) is 26.5. The van der Waals surface area contributed by atoms with E-state index in [1.54, 1.807) is 12.1 Å². The number of hydrogen-bond acceptors (Lipinski definition) is 8. The van der Waals surface area contributed by atoms with Gasteiger partial charge in [-0.15, -0.1) is 0 Å². The number of rotatable bonds is 8. The van der Waals surface area contributed by atoms with Gasteiger partial charge in [0.05, 0.1) is 5.69 Å². The quantitative estimate of drug-likeness (QED) is 0.176. The van der Waals surface area contributed by atoms with E-state index < -0.39 is 29.1 Å². The fraction of sp³-hybridized carbons (Fsp3) is 0.208. The maximum atomic E-state index is 15.5. The number of halogens is 2. The number of anilines is 1. The third-order valence-corrected chi connectivity index (χ3v) is 5.47. The molecule has 1 aliphatic rings. The minimum atomic E-state index is -1.12. The van der Waals surface area contributed by atoms with Crippen molar-refractivity contribution >= 4 is 23.2 Å². The third-order valence-electron chi connectivity index (χ3n) is 5.47. The van der Waals surface area contributed by atoms with Gasteiger partial charge in [0, 0.05) is 17.7 Å². The number of piperidine rings is 1. The Hall–Kier alpha value is -4.65. The fourth-order valence-corrected chi connectivity index (χ4v) is 3.68. The lowest BCUT2D eigenvalue weighted by Crippen LogP contribution is -2.35. The van der Waals surface area contributed by atoms with Crippen molar-refractivity contribution < 1.29 is 23.4 Å². The van der Waals surface area contributed by atoms with Gasteiger partial charge in [-0.3, -0.25) is 5.41 Å². The number of aromatic nitrogens is 1. The van der Waals surface area contributed by atoms with Crippen LogP contribution >= 0.6 is 0 Å². The zero-order valence-corrected chi connectivity index (χ0v) is 19.6. The summed E-state index contributed by atoms with van der Waals surface area (Å²) in [5, 5.41) is 23.9. The summed E-state index contributed by atoms with van der Waals surface area (Å²) in [6, 6.07) is 9.77. The lowest BCUT2D eigenvalue weighted by atomic mass is 10.1. The Balaban J connectivity index is 1.76. The van der Waals surface area contributed by atoms with Gasteiger partial charge in [0.15, 0.2) is 17.5 Å². The summed E-state index contributed by atoms with van der Waals surface area (Å²) >= 11 is 0. The van der Waals surface area contributed by atoms with Crippen LogP contribution in [-0.4, -0.2) is 41.0 Å². The molecular weight excluding hydrogens is 486 g/mol. The van der Waals surface area contributed by atoms with Crippen LogP contribution in [0.1, 0.15) is 18.4 Å². The van der Waals surface area contributed by atoms with Gasteiger partial charge in [0.2, 0.25) is 11.6 Å². The molecule has 1 fully saturated rings. The predicted octanol–water partition coefficient (Wildman–Crippen LogP) is 3.00. The second kappa shape index (κ2) is 11.0. The smallest absolute Gasteiger partial charge is 0.261 e. The normalized spacial score (nSPS) is 13.6. The second-order valence-electron chi connectivity index (χ2n) is 8.23. The van der Waals surface area contributed by atoms with Gasteiger partial charge in [-0.05, 0) is 56.3 Å². The summed E-state index contributed by atoms with van der Waals surface area (Å²) in [7, 11) is 0. The molecule has 194 valence electrons. The number of nitrogens with zero attached hydrogens (tertiary/aromatic N) is 2. The number of pyridine rings is 1. The second-order valence-corrected chi connectivity index (χ2v) is 8.23. The molecule has 0 aliphatic carbocycles. The minimum absolute atomic E-state index is 0.126. The summed E-state index contributed by atoms with van der Waals surface area (Å²) in [6.45, 7) is 1.37. The number of nitrogens with two attached hydrogens (primary N) is 3. The Morgan fingerprint density at radius 2 is 1.76 bits per heavy atom. The van der Waals surface area contributed by atoms with Crippen molar-refractivity contribution in [3.05, 3.63) is 59.7 Å². The van der Waals surface area contributed by atoms with Crippen LogP contribution in [0.25, 0.3) is 0 Å². The molecule has 0 radical (unpaired) electrons. The van der Waals surface area contributed by atoms with E-state index in [0.717, 1.165) is 0 Å². The van der Waals surface area contributed by atoms with Crippen molar-refractivity contribution in [1.82, 2.24) is 10.3 Å². The van der Waals surface area contributed by atoms with E-state index in [4.69, 9.17) is 32.1 Å². The van der Waals surface area contributed by atoms with Gasteiger partial charge in [0.1, 0.15) is 17.3 Å². The van der Waals surface area contributed by atoms with Crippen molar-refractivity contribution in [2.45, 2.75) is 18.9 Å². The van der Waals surface area contributed by atoms with E-state index in [0.29, 0.717) is 31.6 Å². The topological polar surface area (TPSA) is 190 Å². The van der Waals surface area contributed by atoms with Crippen molar-refractivity contribution in [2.75, 3.05) is 18.4 Å². The van der Waals surface area contributed by atoms with Crippen molar-refractivity contribution in [3.63, 3.8) is 0 Å². The molecule has 0 amide bonds. The molecule has 4 rings (SSSR count). The third kappa shape index (κ3) is 6.13. The van der Waals surface area contributed by atoms with Gasteiger partial charge in [0.25, 0.3) is 11.8 Å². The average Bonchev–Trinajstić information content (AvgIpc) is 2.86. The van der Waals surface area contributed by atoms with Crippen LogP contribution in [0.15, 0.2) is 47.5 Å². The Morgan fingerprint density at radius 3 is 2.43 bits per heavy atom. The number of aliphatic imine (C=N–C) groups is 1. The standard InChI is InChI=1S/C24H26F2N8O3/c25-18-20(32-13-6-8-31-9-7-13)19(26)23(37-17-10-12(21(27)28)4-5-16(17)35)34-22(18)36-15-3-1-2-14(11-15)33-24(29)30/h1-5,10-11,13,31,35H,6-9H2,(H3,27,28)(H,32,34)(H4,29,30,33). The van der Waals surface area contributed by atoms with Gasteiger partial charge in [-0.2, -0.15) is 13.8 Å². The Morgan fingerprint density at radius 1 is 1.05 bits per heavy atom. The highest BCUT2D eigenvalue weighted by molar-refractivity contribution is 5.95. The van der Waals surface area contributed by atoms with Crippen LogP contribution < -0.4 is 37.3 Å². The molecule has 0 bridgehead atoms. The molecule has 11 nitrogen and oxygen atoms in total. The number of ether oxygens (including phenoxy) is 2. The number of benzene rings is 2. The number of aromatic hydroxyl groups is 1. The molecule has 10 N–H and O–H groups in total. The monoisotopic (exact) mass is 512 g/mol. The molecule has 37 heavy (non-hydrogen) atoms. The molecule has 1 aromatic heterocycles. The van der Waals surface area contributed by atoms with E-state index >= 15 is 8.78 Å². The first-order chi connectivity index (χ1) is 17.7. The molecule has 13 heteroatoms. The van der Waals surface area contributed by atoms with Crippen molar-refractivity contribution in [1.29, 1.82) is 5.41 Å². The number of hydrogen-bond donors (Lipinski definition) is 7. The summed E-state index contributed by atoms with van der Waals surface area (Å²) in [5.74, 6) is -4.39. The largest absolute Gasteiger partial charge is 0.504 e. The van der Waals surface area contributed by atoms with Crippen LogP contribution in [0.5, 0.6) is 29.0 Å². The number of phenols is 1. The highest BCUT2D eigenvalue weighted by atomic mass is 19.1. The maximum Gasteiger partial charge on any atom is 0.261 e. The van der Waals surface area contributed by atoms with Crippen molar-refractivity contribution in [2.24, 2.45) is 22.2 Å². The predicted molar refractivity (Wildman–Crippen MR) is 135 cm³/mol. The number of amidine groups is 1. The molecule has 1 aliphatic heterocycles. The Bertz CT molecular complexity index is 1340. The SMILES string of the molecule is N=C(N)c1ccc(O)c(Oc2nc(Oc3cccc(N=C(N)N)c3)c(F)c(NC3CCNCC3)c2F)c1. The van der Waals surface area contributed by atoms with E-state index in [1.807, 2.05) is 0 Å². The molecule has 1 saturated heterocycles. The molecule has 0 unspecified atom stereocenters. The first-order valence-corrected chi connectivity index (χ1v) is 11.3. The molecule has 0 spiro atoms. The number of phenolic OH excluding ortho intramolecular Hbond substituents is 1. The van der Waals surface area contributed by atoms with Crippen LogP contribution in [0.2, 0.25) is 0 Å². The van der Waals surface area contributed by atoms with Crippen LogP contribution in [0.3, 0.4) is 0 Å². The highest BCUT2D eigenvalue weighted by Crippen LogP contribution is 2.39. The number of nitrogen functional groups attached to an aromatic ring is 1. The summed E-state index contributed by atoms with van der Waals surface area (Å²) in [5.41, 5.74) is 16.4. The molecule has 3 aromatic rings. The first kappa shape index (κ1) is 25.4. The number of guanidine groups is 1. The van der Waals surface area contributed by atoms with E-state index in [2.05, 4.69) is 20.6 Å². The van der Waals surface area contributed by atoms with E-state index in [9.17, 15) is 5.11 Å². The van der Waals surface area contributed by atoms with E-state index in [-0.39, 0.29) is 40.6 Å². The molecule has 2 heterocycles. The lowest BCUT2D eigenvalue weighted by molar-refractivity contribution is 0.362. The van der Waals surface area contributed by atoms with Gasteiger partial charge in [-0.1, -0.05) is 6.07 Å². The van der Waals surface area contributed by atoms with Crippen LogP contribution in [-0.2, 0) is 0 Å². The van der Waals surface area contributed by atoms with Gasteiger partial charge < -0.3 is 42.4 Å². The van der Waals surface area contributed by atoms with Crippen molar-refractivity contribution in [3.8, 4) is 29.0 Å². The summed E-state index contributed by atoms with van der Waals surface area (Å²) in [6.07, 6.45) is 1.27. The molecule has 0 atom stereocenters. The van der Waals surface area contributed by atoms with E-state index in [1.165, 1.54) is 30.3 Å². The summed E-state index contributed by atoms with van der Waals surface area (Å²) < 4.78 is 42.2. The maximum absolute atomic E-state index is 15.5. The van der Waals surface area contributed by atoms with Gasteiger partial charge in [-0.25, -0.2) is 4.99 Å². The lowest BCUT2D eigenvalue weighted by Gasteiger charge is -2.25. The number of nitrogens with one attached hydrogen (secondary N) is 3. The first-order valence-electron chi connectivity index (χ1n) is 11.3. The van der Waals surface area contributed by atoms with Crippen LogP contribution in [0.4, 0.5) is 20.2 Å². The Kier molecular flexibility index (Phi) is 7.53. The van der Waals surface area contributed by atoms with Gasteiger partial charge >= 0.3 is 0 Å². The van der Waals surface area contributed by atoms with Crippen LogP contribution in [0, 0.1) is 17.0 Å².